The van der Waals surface area contributed by atoms with Crippen molar-refractivity contribution in [3.8, 4) is 0 Å². The standard InChI is InChI=1S/C9H16N2S2/c1-3-4-10-9(12)11-5-6-13-8(2)7-11/h3,8H,1,4-7H2,2H3,(H,10,12). The average molecular weight is 216 g/mol. The van der Waals surface area contributed by atoms with Crippen LogP contribution in [0, 0.1) is 0 Å². The molecule has 1 aliphatic rings. The first-order chi connectivity index (χ1) is 6.24. The molecule has 4 heteroatoms. The van der Waals surface area contributed by atoms with Crippen LogP contribution in [0.5, 0.6) is 0 Å². The van der Waals surface area contributed by atoms with Crippen LogP contribution in [-0.2, 0) is 0 Å². The molecular weight excluding hydrogens is 200 g/mol. The third kappa shape index (κ3) is 3.56. The first-order valence-corrected chi connectivity index (χ1v) is 5.95. The van der Waals surface area contributed by atoms with Crippen LogP contribution >= 0.6 is 24.0 Å². The fourth-order valence-electron chi connectivity index (χ4n) is 1.27. The SMILES string of the molecule is C=CCNC(=S)N1CCSC(C)C1. The molecule has 1 atom stereocenters. The number of thioether (sulfide) groups is 1. The van der Waals surface area contributed by atoms with E-state index in [1.165, 1.54) is 5.75 Å². The van der Waals surface area contributed by atoms with Crippen LogP contribution in [-0.4, -0.2) is 40.6 Å². The average Bonchev–Trinajstić information content (AvgIpc) is 2.14. The summed E-state index contributed by atoms with van der Waals surface area (Å²) in [7, 11) is 0. The Morgan fingerprint density at radius 1 is 1.85 bits per heavy atom. The highest BCUT2D eigenvalue weighted by atomic mass is 32.2. The monoisotopic (exact) mass is 216 g/mol. The Labute approximate surface area is 89.8 Å². The second kappa shape index (κ2) is 5.50. The van der Waals surface area contributed by atoms with Crippen molar-refractivity contribution in [2.24, 2.45) is 0 Å². The van der Waals surface area contributed by atoms with Gasteiger partial charge in [-0.25, -0.2) is 0 Å². The van der Waals surface area contributed by atoms with Crippen LogP contribution in [0.25, 0.3) is 0 Å². The Morgan fingerprint density at radius 2 is 2.62 bits per heavy atom. The topological polar surface area (TPSA) is 15.3 Å². The highest BCUT2D eigenvalue weighted by Crippen LogP contribution is 2.17. The zero-order chi connectivity index (χ0) is 9.68. The number of thiocarbonyl (C=S) groups is 1. The molecule has 1 saturated heterocycles. The quantitative estimate of drug-likeness (QED) is 0.555. The summed E-state index contributed by atoms with van der Waals surface area (Å²) in [6.07, 6.45) is 1.83. The fourth-order valence-corrected chi connectivity index (χ4v) is 2.54. The van der Waals surface area contributed by atoms with Crippen molar-refractivity contribution >= 4 is 29.1 Å². The van der Waals surface area contributed by atoms with Gasteiger partial charge in [-0.3, -0.25) is 0 Å². The van der Waals surface area contributed by atoms with Crippen molar-refractivity contribution in [3.05, 3.63) is 12.7 Å². The van der Waals surface area contributed by atoms with Crippen LogP contribution < -0.4 is 5.32 Å². The van der Waals surface area contributed by atoms with E-state index in [0.29, 0.717) is 5.25 Å². The molecular formula is C9H16N2S2. The Hall–Kier alpha value is -0.220. The van der Waals surface area contributed by atoms with Gasteiger partial charge in [0.15, 0.2) is 5.11 Å². The van der Waals surface area contributed by atoms with E-state index in [4.69, 9.17) is 12.2 Å². The molecule has 0 aliphatic carbocycles. The molecule has 0 spiro atoms. The molecule has 2 nitrogen and oxygen atoms in total. The normalized spacial score (nSPS) is 22.5. The molecule has 1 fully saturated rings. The Kier molecular flexibility index (Phi) is 4.59. The van der Waals surface area contributed by atoms with Gasteiger partial charge in [0.1, 0.15) is 0 Å². The second-order valence-electron chi connectivity index (χ2n) is 3.10. The molecule has 1 heterocycles. The Morgan fingerprint density at radius 3 is 3.23 bits per heavy atom. The van der Waals surface area contributed by atoms with Crippen molar-refractivity contribution < 1.29 is 0 Å². The molecule has 0 saturated carbocycles. The van der Waals surface area contributed by atoms with E-state index in [1.807, 2.05) is 17.8 Å². The summed E-state index contributed by atoms with van der Waals surface area (Å²) in [6, 6.07) is 0. The number of nitrogens with one attached hydrogen (secondary N) is 1. The minimum Gasteiger partial charge on any atom is -0.359 e. The van der Waals surface area contributed by atoms with Crippen molar-refractivity contribution in [3.63, 3.8) is 0 Å². The molecule has 0 radical (unpaired) electrons. The Balaban J connectivity index is 2.32. The van der Waals surface area contributed by atoms with E-state index in [0.717, 1.165) is 24.7 Å². The minimum absolute atomic E-state index is 0.692. The van der Waals surface area contributed by atoms with E-state index in [1.54, 1.807) is 0 Å². The van der Waals surface area contributed by atoms with Crippen LogP contribution in [0.1, 0.15) is 6.92 Å². The maximum Gasteiger partial charge on any atom is 0.169 e. The van der Waals surface area contributed by atoms with Gasteiger partial charge in [-0.1, -0.05) is 13.0 Å². The van der Waals surface area contributed by atoms with E-state index in [9.17, 15) is 0 Å². The van der Waals surface area contributed by atoms with Gasteiger partial charge < -0.3 is 10.2 Å². The third-order valence-corrected chi connectivity index (χ3v) is 3.46. The molecule has 1 unspecified atom stereocenters. The fraction of sp³-hybridized carbons (Fsp3) is 0.667. The number of rotatable bonds is 2. The third-order valence-electron chi connectivity index (χ3n) is 1.93. The zero-order valence-corrected chi connectivity index (χ0v) is 9.59. The highest BCUT2D eigenvalue weighted by Gasteiger charge is 2.17. The predicted octanol–water partition coefficient (Wildman–Crippen LogP) is 1.48. The van der Waals surface area contributed by atoms with E-state index >= 15 is 0 Å². The lowest BCUT2D eigenvalue weighted by Gasteiger charge is -2.32. The summed E-state index contributed by atoms with van der Waals surface area (Å²) < 4.78 is 0. The van der Waals surface area contributed by atoms with Gasteiger partial charge in [-0.15, -0.1) is 6.58 Å². The molecule has 0 aromatic heterocycles. The molecule has 1 aliphatic heterocycles. The van der Waals surface area contributed by atoms with Crippen molar-refractivity contribution in [2.75, 3.05) is 25.4 Å². The maximum absolute atomic E-state index is 5.25. The lowest BCUT2D eigenvalue weighted by Crippen LogP contribution is -2.46. The Bertz CT molecular complexity index is 194. The molecule has 1 rings (SSSR count). The second-order valence-corrected chi connectivity index (χ2v) is 5.04. The van der Waals surface area contributed by atoms with Crippen LogP contribution in [0.4, 0.5) is 0 Å². The summed E-state index contributed by atoms with van der Waals surface area (Å²) >= 11 is 7.26. The summed E-state index contributed by atoms with van der Waals surface area (Å²) in [5, 5.41) is 4.71. The minimum atomic E-state index is 0.692. The highest BCUT2D eigenvalue weighted by molar-refractivity contribution is 8.00. The largest absolute Gasteiger partial charge is 0.359 e. The van der Waals surface area contributed by atoms with Gasteiger partial charge in [0.2, 0.25) is 0 Å². The predicted molar refractivity (Wildman–Crippen MR) is 64.3 cm³/mol. The van der Waals surface area contributed by atoms with Gasteiger partial charge in [0.25, 0.3) is 0 Å². The van der Waals surface area contributed by atoms with Crippen LogP contribution in [0.3, 0.4) is 0 Å². The molecule has 0 aromatic rings. The van der Waals surface area contributed by atoms with Crippen LogP contribution in [0.15, 0.2) is 12.7 Å². The van der Waals surface area contributed by atoms with Crippen molar-refractivity contribution in [2.45, 2.75) is 12.2 Å². The van der Waals surface area contributed by atoms with Gasteiger partial charge in [-0.2, -0.15) is 11.8 Å². The van der Waals surface area contributed by atoms with Gasteiger partial charge in [0, 0.05) is 30.6 Å². The van der Waals surface area contributed by atoms with Crippen molar-refractivity contribution in [1.82, 2.24) is 10.2 Å². The van der Waals surface area contributed by atoms with E-state index in [-0.39, 0.29) is 0 Å². The summed E-state index contributed by atoms with van der Waals surface area (Å²) in [6.45, 7) is 8.78. The first-order valence-electron chi connectivity index (χ1n) is 4.49. The summed E-state index contributed by atoms with van der Waals surface area (Å²) in [5.41, 5.74) is 0. The number of hydrogen-bond acceptors (Lipinski definition) is 2. The maximum atomic E-state index is 5.25. The number of hydrogen-bond donors (Lipinski definition) is 1. The molecule has 13 heavy (non-hydrogen) atoms. The smallest absolute Gasteiger partial charge is 0.169 e. The lowest BCUT2D eigenvalue weighted by molar-refractivity contribution is 0.430. The molecule has 0 amide bonds. The first kappa shape index (κ1) is 10.9. The molecule has 0 aromatic carbocycles. The van der Waals surface area contributed by atoms with Gasteiger partial charge >= 0.3 is 0 Å². The van der Waals surface area contributed by atoms with Gasteiger partial charge in [0.05, 0.1) is 0 Å². The van der Waals surface area contributed by atoms with E-state index in [2.05, 4.69) is 23.7 Å². The molecule has 0 bridgehead atoms. The van der Waals surface area contributed by atoms with E-state index < -0.39 is 0 Å². The summed E-state index contributed by atoms with van der Waals surface area (Å²) in [5.74, 6) is 1.18. The molecule has 74 valence electrons. The summed E-state index contributed by atoms with van der Waals surface area (Å²) in [4.78, 5) is 2.24. The van der Waals surface area contributed by atoms with Crippen molar-refractivity contribution in [1.29, 1.82) is 0 Å². The zero-order valence-electron chi connectivity index (χ0n) is 7.95. The van der Waals surface area contributed by atoms with Gasteiger partial charge in [-0.05, 0) is 12.2 Å². The lowest BCUT2D eigenvalue weighted by atomic mass is 10.4. The van der Waals surface area contributed by atoms with Crippen LogP contribution in [0.2, 0.25) is 0 Å². The molecule has 1 N–H and O–H groups in total. The number of nitrogens with zero attached hydrogens (tertiary/aromatic N) is 1.